The second kappa shape index (κ2) is 9.82. The van der Waals surface area contributed by atoms with Crippen molar-refractivity contribution < 1.29 is 14.3 Å². The molecule has 1 saturated heterocycles. The van der Waals surface area contributed by atoms with E-state index in [0.29, 0.717) is 25.4 Å². The van der Waals surface area contributed by atoms with Gasteiger partial charge in [-0.05, 0) is 31.4 Å². The number of benzene rings is 1. The predicted octanol–water partition coefficient (Wildman–Crippen LogP) is 2.29. The molecule has 28 heavy (non-hydrogen) atoms. The highest BCUT2D eigenvalue weighted by atomic mass is 16.5. The van der Waals surface area contributed by atoms with Crippen LogP contribution in [-0.2, 0) is 16.1 Å². The number of carbonyl (C=O) groups is 2. The van der Waals surface area contributed by atoms with E-state index >= 15 is 0 Å². The number of carbonyl (C=O) groups excluding carboxylic acids is 2. The summed E-state index contributed by atoms with van der Waals surface area (Å²) in [6.07, 6.45) is 7.43. The largest absolute Gasteiger partial charge is 0.484 e. The molecule has 1 aliphatic rings. The minimum atomic E-state index is -0.0182. The minimum Gasteiger partial charge on any atom is -0.484 e. The van der Waals surface area contributed by atoms with E-state index < -0.39 is 0 Å². The van der Waals surface area contributed by atoms with Crippen molar-refractivity contribution in [2.24, 2.45) is 0 Å². The van der Waals surface area contributed by atoms with Gasteiger partial charge in [-0.3, -0.25) is 9.59 Å². The van der Waals surface area contributed by atoms with E-state index in [1.807, 2.05) is 40.1 Å². The molecule has 0 bridgehead atoms. The van der Waals surface area contributed by atoms with Crippen LogP contribution in [0.2, 0.25) is 0 Å². The lowest BCUT2D eigenvalue weighted by Crippen LogP contribution is -2.40. The molecule has 7 heteroatoms. The fourth-order valence-corrected chi connectivity index (χ4v) is 3.50. The van der Waals surface area contributed by atoms with E-state index in [2.05, 4.69) is 9.97 Å². The van der Waals surface area contributed by atoms with Crippen molar-refractivity contribution in [3.05, 3.63) is 54.6 Å². The molecule has 1 aromatic carbocycles. The van der Waals surface area contributed by atoms with Gasteiger partial charge in [-0.2, -0.15) is 0 Å². The summed E-state index contributed by atoms with van der Waals surface area (Å²) in [5.41, 5.74) is 0.908. The molecule has 1 aromatic heterocycles. The van der Waals surface area contributed by atoms with Crippen LogP contribution in [0.25, 0.3) is 0 Å². The summed E-state index contributed by atoms with van der Waals surface area (Å²) < 4.78 is 5.58. The number of amides is 2. The molecule has 0 spiro atoms. The van der Waals surface area contributed by atoms with Gasteiger partial charge < -0.3 is 14.5 Å². The van der Waals surface area contributed by atoms with E-state index in [4.69, 9.17) is 4.74 Å². The van der Waals surface area contributed by atoms with Crippen LogP contribution >= 0.6 is 0 Å². The molecule has 1 fully saturated rings. The van der Waals surface area contributed by atoms with Gasteiger partial charge in [0.15, 0.2) is 6.61 Å². The van der Waals surface area contributed by atoms with Gasteiger partial charge in [0.1, 0.15) is 12.1 Å². The quantitative estimate of drug-likeness (QED) is 0.766. The summed E-state index contributed by atoms with van der Waals surface area (Å²) >= 11 is 0. The Morgan fingerprint density at radius 2 is 1.89 bits per heavy atom. The predicted molar refractivity (Wildman–Crippen MR) is 104 cm³/mol. The lowest BCUT2D eigenvalue weighted by Gasteiger charge is -2.30. The Morgan fingerprint density at radius 1 is 1.14 bits per heavy atom. The van der Waals surface area contributed by atoms with E-state index in [9.17, 15) is 9.59 Å². The SMILES string of the molecule is CC(=O)N(Cc1cncnc1)[C@@H]1CCCN(C(=O)COc2ccccc2)CC1. The van der Waals surface area contributed by atoms with Crippen LogP contribution in [-0.4, -0.2) is 57.3 Å². The van der Waals surface area contributed by atoms with Crippen LogP contribution in [0, 0.1) is 0 Å². The van der Waals surface area contributed by atoms with Crippen LogP contribution in [0.3, 0.4) is 0 Å². The second-order valence-electron chi connectivity index (χ2n) is 6.96. The molecular weight excluding hydrogens is 356 g/mol. The van der Waals surface area contributed by atoms with Crippen molar-refractivity contribution in [1.82, 2.24) is 19.8 Å². The molecular formula is C21H26N4O3. The number of para-hydroxylation sites is 1. The Morgan fingerprint density at radius 3 is 2.61 bits per heavy atom. The molecule has 1 atom stereocenters. The highest BCUT2D eigenvalue weighted by Gasteiger charge is 2.26. The third kappa shape index (κ3) is 5.52. The Hall–Kier alpha value is -2.96. The molecule has 3 rings (SSSR count). The molecule has 1 aliphatic heterocycles. The molecule has 2 heterocycles. The first-order valence-corrected chi connectivity index (χ1v) is 9.60. The molecule has 2 aromatic rings. The average Bonchev–Trinajstić information content (AvgIpc) is 2.98. The van der Waals surface area contributed by atoms with Crippen LogP contribution in [0.4, 0.5) is 0 Å². The van der Waals surface area contributed by atoms with Gasteiger partial charge >= 0.3 is 0 Å². The van der Waals surface area contributed by atoms with Crippen molar-refractivity contribution in [2.75, 3.05) is 19.7 Å². The van der Waals surface area contributed by atoms with E-state index in [-0.39, 0.29) is 24.5 Å². The molecule has 0 unspecified atom stereocenters. The summed E-state index contributed by atoms with van der Waals surface area (Å²) in [7, 11) is 0. The van der Waals surface area contributed by atoms with Gasteiger partial charge in [-0.15, -0.1) is 0 Å². The smallest absolute Gasteiger partial charge is 0.260 e. The Balaban J connectivity index is 1.55. The van der Waals surface area contributed by atoms with Gasteiger partial charge in [0.25, 0.3) is 5.91 Å². The number of rotatable bonds is 6. The number of likely N-dealkylation sites (tertiary alicyclic amines) is 1. The van der Waals surface area contributed by atoms with Gasteiger partial charge in [0.2, 0.25) is 5.91 Å². The third-order valence-electron chi connectivity index (χ3n) is 4.97. The zero-order valence-electron chi connectivity index (χ0n) is 16.2. The summed E-state index contributed by atoms with van der Waals surface area (Å²) in [5, 5.41) is 0. The highest BCUT2D eigenvalue weighted by molar-refractivity contribution is 5.78. The summed E-state index contributed by atoms with van der Waals surface area (Å²) in [6, 6.07) is 9.44. The van der Waals surface area contributed by atoms with Crippen molar-refractivity contribution in [3.8, 4) is 5.75 Å². The van der Waals surface area contributed by atoms with Crippen LogP contribution in [0.1, 0.15) is 31.7 Å². The van der Waals surface area contributed by atoms with Crippen molar-refractivity contribution >= 4 is 11.8 Å². The zero-order chi connectivity index (χ0) is 19.8. The minimum absolute atomic E-state index is 0.0182. The fourth-order valence-electron chi connectivity index (χ4n) is 3.50. The van der Waals surface area contributed by atoms with Crippen molar-refractivity contribution in [3.63, 3.8) is 0 Å². The first-order valence-electron chi connectivity index (χ1n) is 9.60. The van der Waals surface area contributed by atoms with E-state index in [1.54, 1.807) is 19.3 Å². The van der Waals surface area contributed by atoms with Crippen molar-refractivity contribution in [1.29, 1.82) is 0 Å². The molecule has 148 valence electrons. The lowest BCUT2D eigenvalue weighted by atomic mass is 10.1. The number of aromatic nitrogens is 2. The summed E-state index contributed by atoms with van der Waals surface area (Å²) in [6.45, 7) is 3.42. The molecule has 2 amide bonds. The topological polar surface area (TPSA) is 75.6 Å². The summed E-state index contributed by atoms with van der Waals surface area (Å²) in [5.74, 6) is 0.702. The van der Waals surface area contributed by atoms with Gasteiger partial charge in [-0.1, -0.05) is 18.2 Å². The highest BCUT2D eigenvalue weighted by Crippen LogP contribution is 2.20. The zero-order valence-corrected chi connectivity index (χ0v) is 16.2. The average molecular weight is 382 g/mol. The van der Waals surface area contributed by atoms with Crippen LogP contribution in [0.15, 0.2) is 49.1 Å². The number of hydrogen-bond acceptors (Lipinski definition) is 5. The number of hydrogen-bond donors (Lipinski definition) is 0. The van der Waals surface area contributed by atoms with Gasteiger partial charge in [-0.25, -0.2) is 9.97 Å². The van der Waals surface area contributed by atoms with E-state index in [1.165, 1.54) is 6.33 Å². The molecule has 0 N–H and O–H groups in total. The van der Waals surface area contributed by atoms with Crippen molar-refractivity contribution in [2.45, 2.75) is 38.8 Å². The number of ether oxygens (including phenoxy) is 1. The summed E-state index contributed by atoms with van der Waals surface area (Å²) in [4.78, 5) is 36.5. The molecule has 0 saturated carbocycles. The molecule has 0 radical (unpaired) electrons. The Labute approximate surface area is 165 Å². The van der Waals surface area contributed by atoms with Gasteiger partial charge in [0, 0.05) is 50.6 Å². The third-order valence-corrected chi connectivity index (χ3v) is 4.97. The Kier molecular flexibility index (Phi) is 6.94. The molecule has 0 aliphatic carbocycles. The van der Waals surface area contributed by atoms with Crippen LogP contribution < -0.4 is 4.74 Å². The number of nitrogens with zero attached hydrogens (tertiary/aromatic N) is 4. The van der Waals surface area contributed by atoms with Crippen LogP contribution in [0.5, 0.6) is 5.75 Å². The second-order valence-corrected chi connectivity index (χ2v) is 6.96. The van der Waals surface area contributed by atoms with E-state index in [0.717, 1.165) is 24.8 Å². The maximum absolute atomic E-state index is 12.5. The lowest BCUT2D eigenvalue weighted by molar-refractivity contribution is -0.133. The first kappa shape index (κ1) is 19.8. The first-order chi connectivity index (χ1) is 13.6. The molecule has 7 nitrogen and oxygen atoms in total. The maximum atomic E-state index is 12.5. The Bertz CT molecular complexity index is 770. The monoisotopic (exact) mass is 382 g/mol. The van der Waals surface area contributed by atoms with Gasteiger partial charge in [0.05, 0.1) is 0 Å². The normalized spacial score (nSPS) is 16.9. The maximum Gasteiger partial charge on any atom is 0.260 e. The standard InChI is InChI=1S/C21H26N4O3/c1-17(26)25(14-18-12-22-16-23-13-18)19-6-5-10-24(11-9-19)21(27)15-28-20-7-3-2-4-8-20/h2-4,7-8,12-13,16,19H,5-6,9-11,14-15H2,1H3/t19-/m1/s1. The fraction of sp³-hybridized carbons (Fsp3) is 0.429.